The van der Waals surface area contributed by atoms with Crippen molar-refractivity contribution in [3.8, 4) is 0 Å². The van der Waals surface area contributed by atoms with E-state index in [1.165, 1.54) is 63.2 Å². The van der Waals surface area contributed by atoms with Crippen LogP contribution in [0, 0.1) is 5.41 Å². The van der Waals surface area contributed by atoms with E-state index in [1.54, 1.807) is 0 Å². The van der Waals surface area contributed by atoms with Crippen molar-refractivity contribution >= 4 is 0 Å². The van der Waals surface area contributed by atoms with Crippen LogP contribution in [0.3, 0.4) is 0 Å². The van der Waals surface area contributed by atoms with Crippen LogP contribution >= 0.6 is 0 Å². The topological polar surface area (TPSA) is 19.4 Å². The van der Waals surface area contributed by atoms with Gasteiger partial charge in [-0.15, -0.1) is 0 Å². The molecule has 1 atom stereocenters. The minimum atomic E-state index is 0.495. The monoisotopic (exact) mass is 349 g/mol. The first kappa shape index (κ1) is 17.7. The zero-order valence-electron chi connectivity index (χ0n) is 16.0. The fourth-order valence-electron chi connectivity index (χ4n) is 4.96. The second-order valence-electron chi connectivity index (χ2n) is 8.24. The molecule has 1 spiro atoms. The first-order chi connectivity index (χ1) is 12.8. The molecule has 3 heteroatoms. The molecule has 0 saturated carbocycles. The molecule has 2 saturated heterocycles. The third-order valence-electron chi connectivity index (χ3n) is 6.46. The maximum atomic E-state index is 4.50. The van der Waals surface area contributed by atoms with Gasteiger partial charge in [-0.2, -0.15) is 0 Å². The van der Waals surface area contributed by atoms with Gasteiger partial charge in [0.15, 0.2) is 0 Å². The number of pyridine rings is 1. The fraction of sp³-hybridized carbons (Fsp3) is 0.522. The van der Waals surface area contributed by atoms with Crippen LogP contribution < -0.4 is 0 Å². The molecular weight excluding hydrogens is 318 g/mol. The highest BCUT2D eigenvalue weighted by molar-refractivity contribution is 5.21. The number of rotatable bonds is 4. The van der Waals surface area contributed by atoms with Gasteiger partial charge in [0.1, 0.15) is 0 Å². The van der Waals surface area contributed by atoms with Crippen molar-refractivity contribution in [1.29, 1.82) is 0 Å². The van der Waals surface area contributed by atoms with Gasteiger partial charge in [0.05, 0.1) is 5.69 Å². The van der Waals surface area contributed by atoms with Crippen LogP contribution in [0.4, 0.5) is 0 Å². The van der Waals surface area contributed by atoms with E-state index in [2.05, 4.69) is 64.2 Å². The summed E-state index contributed by atoms with van der Waals surface area (Å²) < 4.78 is 0. The Balaban J connectivity index is 1.43. The molecule has 2 aromatic rings. The number of piperidine rings is 2. The average molecular weight is 350 g/mol. The van der Waals surface area contributed by atoms with Crippen LogP contribution in [0.15, 0.2) is 54.7 Å². The molecule has 4 rings (SSSR count). The summed E-state index contributed by atoms with van der Waals surface area (Å²) in [5.41, 5.74) is 3.22. The third kappa shape index (κ3) is 3.99. The van der Waals surface area contributed by atoms with Gasteiger partial charge >= 0.3 is 0 Å². The smallest absolute Gasteiger partial charge is 0.0543 e. The highest BCUT2D eigenvalue weighted by atomic mass is 15.2. The van der Waals surface area contributed by atoms with Crippen LogP contribution in [0.2, 0.25) is 0 Å². The molecule has 0 aliphatic carbocycles. The zero-order valence-corrected chi connectivity index (χ0v) is 16.0. The second kappa shape index (κ2) is 7.89. The first-order valence-corrected chi connectivity index (χ1v) is 10.2. The minimum Gasteiger partial charge on any atom is -0.302 e. The number of hydrogen-bond donors (Lipinski definition) is 0. The first-order valence-electron chi connectivity index (χ1n) is 10.2. The second-order valence-corrected chi connectivity index (χ2v) is 8.24. The van der Waals surface area contributed by atoms with Crippen LogP contribution in [-0.4, -0.2) is 47.5 Å². The van der Waals surface area contributed by atoms with E-state index in [0.717, 1.165) is 6.54 Å². The van der Waals surface area contributed by atoms with Crippen molar-refractivity contribution < 1.29 is 0 Å². The van der Waals surface area contributed by atoms with Gasteiger partial charge in [0.25, 0.3) is 0 Å². The van der Waals surface area contributed by atoms with Gasteiger partial charge < -0.3 is 4.90 Å². The average Bonchev–Trinajstić information content (AvgIpc) is 2.71. The Hall–Kier alpha value is -1.71. The van der Waals surface area contributed by atoms with Gasteiger partial charge in [-0.05, 0) is 67.9 Å². The summed E-state index contributed by atoms with van der Waals surface area (Å²) >= 11 is 0. The Morgan fingerprint density at radius 3 is 2.46 bits per heavy atom. The lowest BCUT2D eigenvalue weighted by molar-refractivity contribution is 0.0135. The molecule has 2 fully saturated rings. The lowest BCUT2D eigenvalue weighted by Crippen LogP contribution is -2.51. The summed E-state index contributed by atoms with van der Waals surface area (Å²) in [4.78, 5) is 9.79. The lowest BCUT2D eigenvalue weighted by Gasteiger charge is -2.50. The van der Waals surface area contributed by atoms with Crippen molar-refractivity contribution in [2.24, 2.45) is 5.41 Å². The molecule has 1 aromatic carbocycles. The molecule has 2 aliphatic heterocycles. The van der Waals surface area contributed by atoms with E-state index in [-0.39, 0.29) is 0 Å². The van der Waals surface area contributed by atoms with E-state index >= 15 is 0 Å². The largest absolute Gasteiger partial charge is 0.302 e. The van der Waals surface area contributed by atoms with Crippen LogP contribution in [0.25, 0.3) is 0 Å². The van der Waals surface area contributed by atoms with Crippen molar-refractivity contribution in [1.82, 2.24) is 14.8 Å². The SMILES string of the molecule is CCN1C[C@@H](c2ccccc2)CC2(CCN(Cc3ccccn3)CC2)C1. The summed E-state index contributed by atoms with van der Waals surface area (Å²) in [6.45, 7) is 9.39. The number of nitrogens with zero attached hydrogens (tertiary/aromatic N) is 3. The van der Waals surface area contributed by atoms with Gasteiger partial charge in [-0.1, -0.05) is 43.3 Å². The zero-order chi connectivity index (χ0) is 17.8. The number of likely N-dealkylation sites (N-methyl/N-ethyl adjacent to an activating group) is 1. The van der Waals surface area contributed by atoms with E-state index in [0.29, 0.717) is 11.3 Å². The summed E-state index contributed by atoms with van der Waals surface area (Å²) in [7, 11) is 0. The van der Waals surface area contributed by atoms with Gasteiger partial charge in [0, 0.05) is 25.8 Å². The molecule has 0 radical (unpaired) electrons. The van der Waals surface area contributed by atoms with Crippen molar-refractivity contribution in [3.63, 3.8) is 0 Å². The van der Waals surface area contributed by atoms with Gasteiger partial charge in [0.2, 0.25) is 0 Å². The van der Waals surface area contributed by atoms with Crippen LogP contribution in [0.1, 0.15) is 43.4 Å². The molecule has 0 amide bonds. The molecule has 2 aliphatic rings. The molecule has 3 nitrogen and oxygen atoms in total. The number of likely N-dealkylation sites (tertiary alicyclic amines) is 2. The van der Waals surface area contributed by atoms with Crippen LogP contribution in [-0.2, 0) is 6.54 Å². The summed E-state index contributed by atoms with van der Waals surface area (Å²) in [6.07, 6.45) is 5.90. The Morgan fingerprint density at radius 2 is 1.77 bits per heavy atom. The normalized spacial score (nSPS) is 24.0. The molecule has 0 unspecified atom stereocenters. The predicted molar refractivity (Wildman–Crippen MR) is 107 cm³/mol. The number of benzene rings is 1. The van der Waals surface area contributed by atoms with Gasteiger partial charge in [-0.3, -0.25) is 9.88 Å². The van der Waals surface area contributed by atoms with E-state index in [1.807, 2.05) is 12.3 Å². The van der Waals surface area contributed by atoms with Crippen molar-refractivity contribution in [2.75, 3.05) is 32.7 Å². The Kier molecular flexibility index (Phi) is 5.37. The molecule has 0 bridgehead atoms. The summed E-state index contributed by atoms with van der Waals surface area (Å²) in [5, 5.41) is 0. The number of aromatic nitrogens is 1. The Morgan fingerprint density at radius 1 is 1.00 bits per heavy atom. The standard InChI is InChI=1S/C23H31N3/c1-2-25-17-21(20-8-4-3-5-9-20)16-23(19-25)11-14-26(15-12-23)18-22-10-6-7-13-24-22/h3-10,13,21H,2,11-12,14-19H2,1H3/t21-/m0/s1. The molecule has 138 valence electrons. The highest BCUT2D eigenvalue weighted by Crippen LogP contribution is 2.45. The Bertz CT molecular complexity index is 677. The molecule has 3 heterocycles. The summed E-state index contributed by atoms with van der Waals surface area (Å²) in [5.74, 6) is 0.687. The van der Waals surface area contributed by atoms with Gasteiger partial charge in [-0.25, -0.2) is 0 Å². The fourth-order valence-corrected chi connectivity index (χ4v) is 4.96. The van der Waals surface area contributed by atoms with E-state index in [9.17, 15) is 0 Å². The maximum absolute atomic E-state index is 4.50. The van der Waals surface area contributed by atoms with E-state index < -0.39 is 0 Å². The molecular formula is C23H31N3. The predicted octanol–water partition coefficient (Wildman–Crippen LogP) is 4.17. The highest BCUT2D eigenvalue weighted by Gasteiger charge is 2.41. The maximum Gasteiger partial charge on any atom is 0.0543 e. The lowest BCUT2D eigenvalue weighted by atomic mass is 9.68. The molecule has 1 aromatic heterocycles. The minimum absolute atomic E-state index is 0.495. The van der Waals surface area contributed by atoms with Crippen molar-refractivity contribution in [2.45, 2.75) is 38.6 Å². The molecule has 26 heavy (non-hydrogen) atoms. The molecule has 0 N–H and O–H groups in total. The number of hydrogen-bond acceptors (Lipinski definition) is 3. The van der Waals surface area contributed by atoms with E-state index in [4.69, 9.17) is 0 Å². The quantitative estimate of drug-likeness (QED) is 0.826. The third-order valence-corrected chi connectivity index (χ3v) is 6.46. The van der Waals surface area contributed by atoms with Crippen molar-refractivity contribution in [3.05, 3.63) is 66.0 Å². The summed E-state index contributed by atoms with van der Waals surface area (Å²) in [6, 6.07) is 17.4. The van der Waals surface area contributed by atoms with Crippen LogP contribution in [0.5, 0.6) is 0 Å². The Labute approximate surface area is 158 Å².